The maximum absolute atomic E-state index is 12.9. The number of rotatable bonds is 6. The lowest BCUT2D eigenvalue weighted by molar-refractivity contribution is 0.568. The standard InChI is InChI=1S/C12H18FNO2S/c1-10(2)9-17(15,16)14-7-6-11-4-3-5-12(13)8-11/h3-5,8,10,14H,6-7,9H2,1-2H3. The van der Waals surface area contributed by atoms with Gasteiger partial charge in [0.15, 0.2) is 0 Å². The predicted molar refractivity (Wildman–Crippen MR) is 66.7 cm³/mol. The van der Waals surface area contributed by atoms with Crippen LogP contribution in [0.1, 0.15) is 19.4 Å². The lowest BCUT2D eigenvalue weighted by Gasteiger charge is -2.08. The van der Waals surface area contributed by atoms with E-state index in [9.17, 15) is 12.8 Å². The lowest BCUT2D eigenvalue weighted by atomic mass is 10.1. The van der Waals surface area contributed by atoms with Crippen LogP contribution in [0.25, 0.3) is 0 Å². The van der Waals surface area contributed by atoms with E-state index in [4.69, 9.17) is 0 Å². The monoisotopic (exact) mass is 259 g/mol. The van der Waals surface area contributed by atoms with E-state index in [0.29, 0.717) is 13.0 Å². The van der Waals surface area contributed by atoms with Crippen molar-refractivity contribution in [3.8, 4) is 0 Å². The summed E-state index contributed by atoms with van der Waals surface area (Å²) in [5.74, 6) is -0.0786. The average Bonchev–Trinajstić information content (AvgIpc) is 2.15. The third-order valence-corrected chi connectivity index (χ3v) is 3.93. The van der Waals surface area contributed by atoms with Crippen LogP contribution in [0.2, 0.25) is 0 Å². The maximum Gasteiger partial charge on any atom is 0.211 e. The van der Waals surface area contributed by atoms with Gasteiger partial charge in [-0.1, -0.05) is 26.0 Å². The zero-order chi connectivity index (χ0) is 12.9. The Balaban J connectivity index is 2.43. The van der Waals surface area contributed by atoms with Gasteiger partial charge < -0.3 is 0 Å². The molecule has 0 aromatic heterocycles. The summed E-state index contributed by atoms with van der Waals surface area (Å²) in [5, 5.41) is 0. The summed E-state index contributed by atoms with van der Waals surface area (Å²) in [6, 6.07) is 6.18. The topological polar surface area (TPSA) is 46.2 Å². The molecule has 0 saturated heterocycles. The molecule has 0 bridgehead atoms. The van der Waals surface area contributed by atoms with E-state index in [1.165, 1.54) is 12.1 Å². The summed E-state index contributed by atoms with van der Waals surface area (Å²) in [6.45, 7) is 4.01. The van der Waals surface area contributed by atoms with Crippen molar-refractivity contribution in [1.29, 1.82) is 0 Å². The van der Waals surface area contributed by atoms with E-state index >= 15 is 0 Å². The Morgan fingerprint density at radius 3 is 2.65 bits per heavy atom. The largest absolute Gasteiger partial charge is 0.215 e. The summed E-state index contributed by atoms with van der Waals surface area (Å²) in [6.07, 6.45) is 0.495. The molecule has 1 aromatic rings. The normalized spacial score (nSPS) is 12.0. The minimum Gasteiger partial charge on any atom is -0.215 e. The number of benzene rings is 1. The van der Waals surface area contributed by atoms with Crippen molar-refractivity contribution in [3.05, 3.63) is 35.6 Å². The van der Waals surface area contributed by atoms with Crippen LogP contribution in [0.15, 0.2) is 24.3 Å². The van der Waals surface area contributed by atoms with Crippen LogP contribution in [0.3, 0.4) is 0 Å². The van der Waals surface area contributed by atoms with E-state index < -0.39 is 10.0 Å². The number of halogens is 1. The molecule has 0 fully saturated rings. The molecule has 0 saturated carbocycles. The van der Waals surface area contributed by atoms with Gasteiger partial charge in [-0.25, -0.2) is 17.5 Å². The molecule has 0 aliphatic carbocycles. The van der Waals surface area contributed by atoms with Gasteiger partial charge in [0, 0.05) is 6.54 Å². The second kappa shape index (κ2) is 6.12. The molecule has 3 nitrogen and oxygen atoms in total. The van der Waals surface area contributed by atoms with Crippen molar-refractivity contribution in [2.45, 2.75) is 20.3 Å². The molecule has 0 unspecified atom stereocenters. The molecule has 5 heteroatoms. The molecule has 0 aliphatic rings. The molecule has 96 valence electrons. The highest BCUT2D eigenvalue weighted by Gasteiger charge is 2.11. The quantitative estimate of drug-likeness (QED) is 0.848. The van der Waals surface area contributed by atoms with Crippen molar-refractivity contribution in [2.75, 3.05) is 12.3 Å². The second-order valence-corrected chi connectivity index (χ2v) is 6.30. The van der Waals surface area contributed by atoms with Gasteiger partial charge in [-0.2, -0.15) is 0 Å². The Labute approximate surface area is 102 Å². The zero-order valence-electron chi connectivity index (χ0n) is 10.1. The van der Waals surface area contributed by atoms with E-state index in [1.54, 1.807) is 12.1 Å². The highest BCUT2D eigenvalue weighted by Crippen LogP contribution is 2.04. The van der Waals surface area contributed by atoms with Crippen LogP contribution >= 0.6 is 0 Å². The first kappa shape index (κ1) is 14.1. The summed E-state index contributed by atoms with van der Waals surface area (Å²) in [7, 11) is -3.20. The van der Waals surface area contributed by atoms with Gasteiger partial charge in [-0.15, -0.1) is 0 Å². The fraction of sp³-hybridized carbons (Fsp3) is 0.500. The molecule has 1 N–H and O–H groups in total. The van der Waals surface area contributed by atoms with Crippen molar-refractivity contribution in [1.82, 2.24) is 4.72 Å². The lowest BCUT2D eigenvalue weighted by Crippen LogP contribution is -2.30. The third-order valence-electron chi connectivity index (χ3n) is 2.18. The van der Waals surface area contributed by atoms with Crippen LogP contribution in [-0.2, 0) is 16.4 Å². The Hall–Kier alpha value is -0.940. The van der Waals surface area contributed by atoms with E-state index in [-0.39, 0.29) is 17.5 Å². The highest BCUT2D eigenvalue weighted by molar-refractivity contribution is 7.89. The molecule has 17 heavy (non-hydrogen) atoms. The molecule has 0 heterocycles. The smallest absolute Gasteiger partial charge is 0.211 e. The fourth-order valence-corrected chi connectivity index (χ4v) is 2.95. The highest BCUT2D eigenvalue weighted by atomic mass is 32.2. The number of nitrogens with one attached hydrogen (secondary N) is 1. The van der Waals surface area contributed by atoms with Crippen molar-refractivity contribution < 1.29 is 12.8 Å². The molecular weight excluding hydrogens is 241 g/mol. The van der Waals surface area contributed by atoms with Crippen molar-refractivity contribution >= 4 is 10.0 Å². The zero-order valence-corrected chi connectivity index (χ0v) is 10.9. The van der Waals surface area contributed by atoms with Gasteiger partial charge in [0.2, 0.25) is 10.0 Å². The van der Waals surface area contributed by atoms with Crippen molar-refractivity contribution in [2.24, 2.45) is 5.92 Å². The van der Waals surface area contributed by atoms with Crippen LogP contribution in [-0.4, -0.2) is 20.7 Å². The van der Waals surface area contributed by atoms with Crippen LogP contribution in [0, 0.1) is 11.7 Å². The molecule has 0 aliphatic heterocycles. The van der Waals surface area contributed by atoms with Crippen LogP contribution < -0.4 is 4.72 Å². The predicted octanol–water partition coefficient (Wildman–Crippen LogP) is 1.94. The fourth-order valence-electron chi connectivity index (χ4n) is 1.54. The number of hydrogen-bond donors (Lipinski definition) is 1. The molecular formula is C12H18FNO2S. The Morgan fingerprint density at radius 2 is 2.06 bits per heavy atom. The SMILES string of the molecule is CC(C)CS(=O)(=O)NCCc1cccc(F)c1. The van der Waals surface area contributed by atoms with Gasteiger partial charge >= 0.3 is 0 Å². The molecule has 1 rings (SSSR count). The third kappa shape index (κ3) is 5.79. The van der Waals surface area contributed by atoms with Crippen molar-refractivity contribution in [3.63, 3.8) is 0 Å². The maximum atomic E-state index is 12.9. The molecule has 0 amide bonds. The van der Waals surface area contributed by atoms with E-state index in [0.717, 1.165) is 5.56 Å². The first-order valence-corrected chi connectivity index (χ1v) is 7.26. The number of hydrogen-bond acceptors (Lipinski definition) is 2. The average molecular weight is 259 g/mol. The second-order valence-electron chi connectivity index (χ2n) is 4.45. The van der Waals surface area contributed by atoms with E-state index in [2.05, 4.69) is 4.72 Å². The Kier molecular flexibility index (Phi) is 5.08. The Morgan fingerprint density at radius 1 is 1.35 bits per heavy atom. The summed E-state index contributed by atoms with van der Waals surface area (Å²) < 4.78 is 38.4. The molecule has 0 atom stereocenters. The molecule has 1 aromatic carbocycles. The van der Waals surface area contributed by atoms with Gasteiger partial charge in [0.25, 0.3) is 0 Å². The number of sulfonamides is 1. The summed E-state index contributed by atoms with van der Waals surface area (Å²) in [4.78, 5) is 0. The Bertz CT molecular complexity index is 457. The van der Waals surface area contributed by atoms with Gasteiger partial charge in [0.05, 0.1) is 5.75 Å². The minimum atomic E-state index is -3.20. The first-order valence-electron chi connectivity index (χ1n) is 5.61. The van der Waals surface area contributed by atoms with Gasteiger partial charge in [0.1, 0.15) is 5.82 Å². The first-order chi connectivity index (χ1) is 7.89. The van der Waals surface area contributed by atoms with Crippen LogP contribution in [0.5, 0.6) is 0 Å². The van der Waals surface area contributed by atoms with E-state index in [1.807, 2.05) is 13.8 Å². The summed E-state index contributed by atoms with van der Waals surface area (Å²) in [5.41, 5.74) is 0.789. The molecule has 0 radical (unpaired) electrons. The minimum absolute atomic E-state index is 0.0988. The molecule has 0 spiro atoms. The summed E-state index contributed by atoms with van der Waals surface area (Å²) >= 11 is 0. The van der Waals surface area contributed by atoms with Gasteiger partial charge in [-0.3, -0.25) is 0 Å². The van der Waals surface area contributed by atoms with Crippen LogP contribution in [0.4, 0.5) is 4.39 Å². The van der Waals surface area contributed by atoms with Gasteiger partial charge in [-0.05, 0) is 30.0 Å².